The van der Waals surface area contributed by atoms with Gasteiger partial charge in [0.15, 0.2) is 0 Å². The van der Waals surface area contributed by atoms with Crippen molar-refractivity contribution in [3.63, 3.8) is 0 Å². The molecule has 2 heterocycles. The number of nitrogens with zero attached hydrogens (tertiary/aromatic N) is 2. The molecule has 1 unspecified atom stereocenters. The minimum atomic E-state index is -4.45. The maximum absolute atomic E-state index is 13.0. The molecule has 0 aliphatic carbocycles. The van der Waals surface area contributed by atoms with E-state index >= 15 is 0 Å². The lowest BCUT2D eigenvalue weighted by Crippen LogP contribution is -2.38. The van der Waals surface area contributed by atoms with Crippen LogP contribution in [0.15, 0.2) is 52.1 Å². The minimum Gasteiger partial charge on any atom is -0.497 e. The summed E-state index contributed by atoms with van der Waals surface area (Å²) in [7, 11) is 1.56. The molecule has 0 saturated carbocycles. The van der Waals surface area contributed by atoms with Gasteiger partial charge in [0.25, 0.3) is 0 Å². The van der Waals surface area contributed by atoms with Crippen molar-refractivity contribution in [2.75, 3.05) is 13.7 Å². The van der Waals surface area contributed by atoms with Gasteiger partial charge < -0.3 is 9.64 Å². The third-order valence-electron chi connectivity index (χ3n) is 3.85. The van der Waals surface area contributed by atoms with Crippen LogP contribution in [0.4, 0.5) is 13.2 Å². The third kappa shape index (κ3) is 3.08. The molecule has 23 heavy (non-hydrogen) atoms. The summed E-state index contributed by atoms with van der Waals surface area (Å²) in [6.45, 7) is 0.516. The maximum atomic E-state index is 13.0. The Balaban J connectivity index is 1.99. The van der Waals surface area contributed by atoms with E-state index in [-0.39, 0.29) is 11.1 Å². The molecule has 0 N–H and O–H groups in total. The fourth-order valence-electron chi connectivity index (χ4n) is 2.71. The smallest absolute Gasteiger partial charge is 0.417 e. The van der Waals surface area contributed by atoms with Gasteiger partial charge in [0, 0.05) is 12.7 Å². The number of rotatable bonds is 2. The van der Waals surface area contributed by atoms with E-state index in [4.69, 9.17) is 16.3 Å². The monoisotopic (exact) mass is 342 g/mol. The second-order valence-corrected chi connectivity index (χ2v) is 5.67. The molecule has 3 nitrogen and oxygen atoms in total. The van der Waals surface area contributed by atoms with E-state index < -0.39 is 11.7 Å². The van der Waals surface area contributed by atoms with Gasteiger partial charge in [0.2, 0.25) is 0 Å². The van der Waals surface area contributed by atoms with Crippen LogP contribution in [0.2, 0.25) is 0 Å². The first-order chi connectivity index (χ1) is 10.9. The molecule has 2 aliphatic heterocycles. The lowest BCUT2D eigenvalue weighted by atomic mass is 9.98. The van der Waals surface area contributed by atoms with E-state index in [9.17, 15) is 13.2 Å². The highest BCUT2D eigenvalue weighted by Crippen LogP contribution is 2.38. The Labute approximate surface area is 136 Å². The van der Waals surface area contributed by atoms with Crippen LogP contribution in [0, 0.1) is 0 Å². The van der Waals surface area contributed by atoms with E-state index in [1.165, 1.54) is 4.90 Å². The molecule has 7 heteroatoms. The molecule has 0 aromatic heterocycles. The van der Waals surface area contributed by atoms with Gasteiger partial charge in [-0.15, -0.1) is 0 Å². The van der Waals surface area contributed by atoms with Gasteiger partial charge in [0.1, 0.15) is 11.6 Å². The lowest BCUT2D eigenvalue weighted by Gasteiger charge is -2.37. The van der Waals surface area contributed by atoms with Gasteiger partial charge >= 0.3 is 6.18 Å². The van der Waals surface area contributed by atoms with Gasteiger partial charge in [-0.25, -0.2) is 0 Å². The molecule has 122 valence electrons. The molecule has 3 rings (SSSR count). The molecule has 1 aromatic rings. The fourth-order valence-corrected chi connectivity index (χ4v) is 2.98. The topological polar surface area (TPSA) is 24.8 Å². The van der Waals surface area contributed by atoms with Gasteiger partial charge in [-0.2, -0.15) is 13.2 Å². The Hall–Kier alpha value is -1.95. The van der Waals surface area contributed by atoms with Gasteiger partial charge in [0.05, 0.1) is 23.8 Å². The number of benzene rings is 1. The zero-order chi connectivity index (χ0) is 16.6. The normalized spacial score (nSPS) is 21.2. The van der Waals surface area contributed by atoms with Gasteiger partial charge in [-0.3, -0.25) is 4.99 Å². The predicted molar refractivity (Wildman–Crippen MR) is 82.6 cm³/mol. The summed E-state index contributed by atoms with van der Waals surface area (Å²) in [6.07, 6.45) is -1.83. The van der Waals surface area contributed by atoms with Crippen LogP contribution in [0.1, 0.15) is 18.0 Å². The Morgan fingerprint density at radius 2 is 1.96 bits per heavy atom. The highest BCUT2D eigenvalue weighted by Gasteiger charge is 2.38. The number of halogens is 4. The zero-order valence-electron chi connectivity index (χ0n) is 12.3. The van der Waals surface area contributed by atoms with Crippen molar-refractivity contribution in [1.29, 1.82) is 0 Å². The number of alkyl halides is 3. The molecule has 0 saturated heterocycles. The first-order valence-electron chi connectivity index (χ1n) is 7.03. The molecule has 2 aliphatic rings. The van der Waals surface area contributed by atoms with Gasteiger partial charge in [-0.05, 0) is 30.2 Å². The van der Waals surface area contributed by atoms with E-state index in [1.807, 2.05) is 12.1 Å². The molecule has 0 fully saturated rings. The highest BCUT2D eigenvalue weighted by atomic mass is 35.5. The Morgan fingerprint density at radius 1 is 1.26 bits per heavy atom. The molecule has 0 bridgehead atoms. The molecule has 0 amide bonds. The van der Waals surface area contributed by atoms with E-state index in [0.29, 0.717) is 24.6 Å². The molecule has 0 spiro atoms. The van der Waals surface area contributed by atoms with Crippen molar-refractivity contribution in [3.05, 3.63) is 52.7 Å². The van der Waals surface area contributed by atoms with E-state index in [1.54, 1.807) is 19.2 Å². The number of allylic oxidation sites excluding steroid dienone is 2. The first-order valence-corrected chi connectivity index (χ1v) is 7.41. The largest absolute Gasteiger partial charge is 0.497 e. The third-order valence-corrected chi connectivity index (χ3v) is 4.12. The van der Waals surface area contributed by atoms with Crippen LogP contribution in [0.25, 0.3) is 0 Å². The molecule has 0 radical (unpaired) electrons. The van der Waals surface area contributed by atoms with Crippen molar-refractivity contribution in [1.82, 2.24) is 4.90 Å². The number of hydrogen-bond donors (Lipinski definition) is 0. The number of hydrogen-bond acceptors (Lipinski definition) is 3. The molecule has 1 atom stereocenters. The van der Waals surface area contributed by atoms with Crippen LogP contribution < -0.4 is 4.74 Å². The van der Waals surface area contributed by atoms with Gasteiger partial charge in [-0.1, -0.05) is 23.7 Å². The number of methoxy groups -OCH3 is 1. The van der Waals surface area contributed by atoms with Crippen LogP contribution in [0.3, 0.4) is 0 Å². The van der Waals surface area contributed by atoms with Crippen molar-refractivity contribution in [3.8, 4) is 5.75 Å². The van der Waals surface area contributed by atoms with Crippen molar-refractivity contribution >= 4 is 17.4 Å². The standard InChI is InChI=1S/C16H14ClF3N2O/c1-23-12-4-2-10(3-5-12)14-6-7-21-15-13(17)8-11(9-22(14)15)16(18,19)20/h2-5,8-9,14H,6-7H2,1H3. The molecule has 1 aromatic carbocycles. The predicted octanol–water partition coefficient (Wildman–Crippen LogP) is 4.42. The summed E-state index contributed by atoms with van der Waals surface area (Å²) in [4.78, 5) is 5.77. The Morgan fingerprint density at radius 3 is 2.57 bits per heavy atom. The maximum Gasteiger partial charge on any atom is 0.417 e. The minimum absolute atomic E-state index is 0.0121. The number of fused-ring (bicyclic) bond motifs is 1. The van der Waals surface area contributed by atoms with Crippen molar-refractivity contribution in [2.24, 2.45) is 4.99 Å². The van der Waals surface area contributed by atoms with Crippen LogP contribution in [0.5, 0.6) is 5.75 Å². The quantitative estimate of drug-likeness (QED) is 0.794. The molecular weight excluding hydrogens is 329 g/mol. The zero-order valence-corrected chi connectivity index (χ0v) is 13.0. The van der Waals surface area contributed by atoms with Crippen molar-refractivity contribution < 1.29 is 17.9 Å². The van der Waals surface area contributed by atoms with Crippen molar-refractivity contribution in [2.45, 2.75) is 18.6 Å². The van der Waals surface area contributed by atoms with Crippen LogP contribution in [-0.4, -0.2) is 30.6 Å². The average molecular weight is 343 g/mol. The SMILES string of the molecule is COc1ccc(C2CCN=C3C(Cl)=CC(C(F)(F)F)=CN32)cc1. The summed E-state index contributed by atoms with van der Waals surface area (Å²) >= 11 is 6.02. The second-order valence-electron chi connectivity index (χ2n) is 5.26. The Bertz CT molecular complexity index is 692. The van der Waals surface area contributed by atoms with Crippen LogP contribution >= 0.6 is 11.6 Å². The second kappa shape index (κ2) is 5.92. The number of aliphatic imine (C=N–C) groups is 1. The summed E-state index contributed by atoms with van der Waals surface area (Å²) in [5.74, 6) is 1.08. The first kappa shape index (κ1) is 15.9. The summed E-state index contributed by atoms with van der Waals surface area (Å²) < 4.78 is 44.3. The summed E-state index contributed by atoms with van der Waals surface area (Å²) in [5.41, 5.74) is 0.115. The fraction of sp³-hybridized carbons (Fsp3) is 0.312. The summed E-state index contributed by atoms with van der Waals surface area (Å²) in [6, 6.07) is 7.03. The average Bonchev–Trinajstić information content (AvgIpc) is 2.53. The Kier molecular flexibility index (Phi) is 4.10. The number of ether oxygens (including phenoxy) is 1. The van der Waals surface area contributed by atoms with E-state index in [0.717, 1.165) is 17.8 Å². The van der Waals surface area contributed by atoms with E-state index in [2.05, 4.69) is 4.99 Å². The molecular formula is C16H14ClF3N2O. The summed E-state index contributed by atoms with van der Waals surface area (Å²) in [5, 5.41) is 0.0121. The van der Waals surface area contributed by atoms with Crippen LogP contribution in [-0.2, 0) is 0 Å². The highest BCUT2D eigenvalue weighted by molar-refractivity contribution is 6.43. The lowest BCUT2D eigenvalue weighted by molar-refractivity contribution is -0.0893. The number of amidine groups is 1.